The first-order valence-electron chi connectivity index (χ1n) is 10.9. The smallest absolute Gasteiger partial charge is 0.309 e. The van der Waals surface area contributed by atoms with Gasteiger partial charge in [-0.1, -0.05) is 63.8 Å². The van der Waals surface area contributed by atoms with Gasteiger partial charge in [0.2, 0.25) is 0 Å². The highest BCUT2D eigenvalue weighted by Crippen LogP contribution is 2.25. The first kappa shape index (κ1) is 24.4. The zero-order chi connectivity index (χ0) is 21.2. The van der Waals surface area contributed by atoms with Gasteiger partial charge in [0.05, 0.1) is 5.41 Å². The molecule has 0 radical (unpaired) electrons. The van der Waals surface area contributed by atoms with Crippen molar-refractivity contribution in [2.75, 3.05) is 0 Å². The number of unbranched alkanes of at least 4 members (excludes halogenated alkanes) is 4. The van der Waals surface area contributed by atoms with Gasteiger partial charge in [-0.05, 0) is 70.4 Å². The van der Waals surface area contributed by atoms with Gasteiger partial charge in [0, 0.05) is 5.41 Å². The molecular formula is C25H40O3. The maximum atomic E-state index is 11.5. The zero-order valence-corrected chi connectivity index (χ0v) is 18.6. The molecule has 3 nitrogen and oxygen atoms in total. The normalized spacial score (nSPS) is 12.2. The molecule has 1 N–H and O–H groups in total. The number of carbonyl (C=O) groups excluding carboxylic acids is 1. The van der Waals surface area contributed by atoms with Gasteiger partial charge in [-0.3, -0.25) is 9.59 Å². The van der Waals surface area contributed by atoms with E-state index in [0.29, 0.717) is 0 Å². The molecule has 0 bridgehead atoms. The van der Waals surface area contributed by atoms with Gasteiger partial charge >= 0.3 is 5.97 Å². The molecule has 28 heavy (non-hydrogen) atoms. The fourth-order valence-electron chi connectivity index (χ4n) is 3.30. The third-order valence-electron chi connectivity index (χ3n) is 6.09. The second kappa shape index (κ2) is 11.4. The van der Waals surface area contributed by atoms with E-state index in [1.165, 1.54) is 30.4 Å². The molecule has 0 aliphatic rings. The van der Waals surface area contributed by atoms with Crippen molar-refractivity contribution in [3.63, 3.8) is 0 Å². The van der Waals surface area contributed by atoms with Gasteiger partial charge in [-0.15, -0.1) is 0 Å². The van der Waals surface area contributed by atoms with E-state index in [1.54, 1.807) is 20.8 Å². The van der Waals surface area contributed by atoms with Crippen LogP contribution in [-0.2, 0) is 22.4 Å². The summed E-state index contributed by atoms with van der Waals surface area (Å²) in [6.45, 7) is 9.39. The Bertz CT molecular complexity index is 611. The molecule has 0 fully saturated rings. The van der Waals surface area contributed by atoms with E-state index in [-0.39, 0.29) is 11.2 Å². The minimum Gasteiger partial charge on any atom is -0.481 e. The van der Waals surface area contributed by atoms with Gasteiger partial charge in [-0.25, -0.2) is 0 Å². The number of benzene rings is 1. The number of carboxylic acid groups (broad SMARTS) is 1. The van der Waals surface area contributed by atoms with Crippen LogP contribution in [0.1, 0.15) is 97.1 Å². The summed E-state index contributed by atoms with van der Waals surface area (Å²) in [4.78, 5) is 22.7. The lowest BCUT2D eigenvalue weighted by molar-refractivity contribution is -0.147. The Morgan fingerprint density at radius 3 is 1.57 bits per heavy atom. The van der Waals surface area contributed by atoms with Crippen LogP contribution in [-0.4, -0.2) is 16.9 Å². The third kappa shape index (κ3) is 9.03. The number of aryl methyl sites for hydroxylation is 2. The Morgan fingerprint density at radius 2 is 1.11 bits per heavy atom. The maximum Gasteiger partial charge on any atom is 0.309 e. The lowest BCUT2D eigenvalue weighted by Crippen LogP contribution is -2.23. The van der Waals surface area contributed by atoms with Gasteiger partial charge in [-0.2, -0.15) is 0 Å². The standard InChI is InChI=1S/C25H40O3/c1-20(26)24(2,3)18-10-7-6-8-12-21-14-16-22(17-15-21)13-9-11-19-25(4,5)23(27)28/h14-17H,6-13,18-19H2,1-5H3,(H,27,28). The molecule has 0 saturated carbocycles. The highest BCUT2D eigenvalue weighted by atomic mass is 16.4. The quantitative estimate of drug-likeness (QED) is 0.364. The predicted octanol–water partition coefficient (Wildman–Crippen LogP) is 6.62. The summed E-state index contributed by atoms with van der Waals surface area (Å²) in [5, 5.41) is 9.15. The van der Waals surface area contributed by atoms with E-state index >= 15 is 0 Å². The molecule has 0 aliphatic carbocycles. The van der Waals surface area contributed by atoms with E-state index in [1.807, 2.05) is 13.8 Å². The second-order valence-corrected chi connectivity index (χ2v) is 9.57. The van der Waals surface area contributed by atoms with Crippen LogP contribution in [0.25, 0.3) is 0 Å². The van der Waals surface area contributed by atoms with Gasteiger partial charge in [0.25, 0.3) is 0 Å². The van der Waals surface area contributed by atoms with E-state index in [2.05, 4.69) is 24.3 Å². The Balaban J connectivity index is 2.20. The highest BCUT2D eigenvalue weighted by Gasteiger charge is 2.26. The number of hydrogen-bond donors (Lipinski definition) is 1. The molecule has 1 rings (SSSR count). The van der Waals surface area contributed by atoms with Gasteiger partial charge in [0.15, 0.2) is 0 Å². The number of ketones is 1. The molecule has 1 aromatic carbocycles. The van der Waals surface area contributed by atoms with Crippen molar-refractivity contribution in [2.24, 2.45) is 10.8 Å². The van der Waals surface area contributed by atoms with Crippen molar-refractivity contribution in [2.45, 2.75) is 98.8 Å². The molecule has 0 aromatic heterocycles. The topological polar surface area (TPSA) is 54.4 Å². The molecule has 3 heteroatoms. The summed E-state index contributed by atoms with van der Waals surface area (Å²) in [6.07, 6.45) is 10.6. The molecule has 0 heterocycles. The van der Waals surface area contributed by atoms with E-state index < -0.39 is 11.4 Å². The van der Waals surface area contributed by atoms with Crippen LogP contribution in [0, 0.1) is 10.8 Å². The van der Waals surface area contributed by atoms with Crippen LogP contribution in [0.15, 0.2) is 24.3 Å². The summed E-state index contributed by atoms with van der Waals surface area (Å²) in [6, 6.07) is 8.89. The molecule has 1 aromatic rings. The average Bonchev–Trinajstić information content (AvgIpc) is 2.62. The summed E-state index contributed by atoms with van der Waals surface area (Å²) in [5.41, 5.74) is 1.94. The monoisotopic (exact) mass is 388 g/mol. The van der Waals surface area contributed by atoms with Crippen LogP contribution < -0.4 is 0 Å². The lowest BCUT2D eigenvalue weighted by Gasteiger charge is -2.20. The zero-order valence-electron chi connectivity index (χ0n) is 18.6. The first-order chi connectivity index (χ1) is 13.0. The molecule has 0 spiro atoms. The number of hydrogen-bond acceptors (Lipinski definition) is 2. The predicted molar refractivity (Wildman–Crippen MR) is 117 cm³/mol. The summed E-state index contributed by atoms with van der Waals surface area (Å²) >= 11 is 0. The summed E-state index contributed by atoms with van der Waals surface area (Å²) < 4.78 is 0. The number of Topliss-reactive ketones (excluding diaryl/α,β-unsaturated/α-hetero) is 1. The van der Waals surface area contributed by atoms with Gasteiger partial charge in [0.1, 0.15) is 5.78 Å². The molecular weight excluding hydrogens is 348 g/mol. The average molecular weight is 389 g/mol. The SMILES string of the molecule is CC(=O)C(C)(C)CCCCCCc1ccc(CCCCC(C)(C)C(=O)O)cc1. The minimum atomic E-state index is -0.709. The Kier molecular flexibility index (Phi) is 9.92. The molecule has 0 aliphatic heterocycles. The molecule has 0 atom stereocenters. The number of aliphatic carboxylic acids is 1. The highest BCUT2D eigenvalue weighted by molar-refractivity contribution is 5.81. The Hall–Kier alpha value is -1.64. The molecule has 0 unspecified atom stereocenters. The fraction of sp³-hybridized carbons (Fsp3) is 0.680. The first-order valence-corrected chi connectivity index (χ1v) is 10.9. The largest absolute Gasteiger partial charge is 0.481 e. The van der Waals surface area contributed by atoms with E-state index in [4.69, 9.17) is 5.11 Å². The minimum absolute atomic E-state index is 0.167. The second-order valence-electron chi connectivity index (χ2n) is 9.57. The third-order valence-corrected chi connectivity index (χ3v) is 6.09. The van der Waals surface area contributed by atoms with Crippen molar-refractivity contribution in [1.82, 2.24) is 0 Å². The fourth-order valence-corrected chi connectivity index (χ4v) is 3.30. The van der Waals surface area contributed by atoms with Crippen molar-refractivity contribution in [3.05, 3.63) is 35.4 Å². The maximum absolute atomic E-state index is 11.5. The molecule has 0 saturated heterocycles. The summed E-state index contributed by atoms with van der Waals surface area (Å²) in [7, 11) is 0. The van der Waals surface area contributed by atoms with Crippen LogP contribution >= 0.6 is 0 Å². The number of carboxylic acids is 1. The Labute approximate surface area is 171 Å². The van der Waals surface area contributed by atoms with Crippen molar-refractivity contribution >= 4 is 11.8 Å². The van der Waals surface area contributed by atoms with Crippen LogP contribution in [0.3, 0.4) is 0 Å². The van der Waals surface area contributed by atoms with E-state index in [9.17, 15) is 9.59 Å². The van der Waals surface area contributed by atoms with Crippen molar-refractivity contribution in [3.8, 4) is 0 Å². The van der Waals surface area contributed by atoms with Crippen LogP contribution in [0.2, 0.25) is 0 Å². The van der Waals surface area contributed by atoms with Crippen LogP contribution in [0.5, 0.6) is 0 Å². The lowest BCUT2D eigenvalue weighted by atomic mass is 9.83. The van der Waals surface area contributed by atoms with Crippen molar-refractivity contribution < 1.29 is 14.7 Å². The molecule has 0 amide bonds. The van der Waals surface area contributed by atoms with Gasteiger partial charge < -0.3 is 5.11 Å². The molecule has 158 valence electrons. The van der Waals surface area contributed by atoms with Crippen LogP contribution in [0.4, 0.5) is 0 Å². The van der Waals surface area contributed by atoms with E-state index in [0.717, 1.165) is 44.9 Å². The van der Waals surface area contributed by atoms with Crippen molar-refractivity contribution in [1.29, 1.82) is 0 Å². The number of rotatable bonds is 14. The Morgan fingerprint density at radius 1 is 0.714 bits per heavy atom. The number of carbonyl (C=O) groups is 2. The summed E-state index contributed by atoms with van der Waals surface area (Å²) in [5.74, 6) is -0.419.